The summed E-state index contributed by atoms with van der Waals surface area (Å²) in [5.41, 5.74) is 5.05. The lowest BCUT2D eigenvalue weighted by Gasteiger charge is -2.06. The Balaban J connectivity index is 2.27. The third kappa shape index (κ3) is 1.56. The first kappa shape index (κ1) is 11.5. The molecule has 0 aliphatic heterocycles. The van der Waals surface area contributed by atoms with Crippen molar-refractivity contribution in [3.8, 4) is 0 Å². The predicted octanol–water partition coefficient (Wildman–Crippen LogP) is 0.463. The van der Waals surface area contributed by atoms with E-state index in [0.29, 0.717) is 0 Å². The van der Waals surface area contributed by atoms with Crippen LogP contribution in [0.15, 0.2) is 42.6 Å². The van der Waals surface area contributed by atoms with Crippen molar-refractivity contribution in [1.82, 2.24) is 19.4 Å². The van der Waals surface area contributed by atoms with E-state index >= 15 is 0 Å². The topological polar surface area (TPSA) is 43.1 Å². The molecule has 0 saturated heterocycles. The molecule has 0 fully saturated rings. The van der Waals surface area contributed by atoms with Crippen LogP contribution in [0.3, 0.4) is 0 Å². The SMILES string of the molecule is [B][B][B]c1nc2cccnc2n2c1nc1ccccc12. The average Bonchev–Trinajstić information content (AvgIpc) is 2.88. The van der Waals surface area contributed by atoms with E-state index < -0.39 is 0 Å². The smallest absolute Gasteiger partial charge is 0.164 e. The Labute approximate surface area is 118 Å². The zero-order valence-corrected chi connectivity index (χ0v) is 10.6. The van der Waals surface area contributed by atoms with Crippen LogP contribution in [0.5, 0.6) is 0 Å². The van der Waals surface area contributed by atoms with Gasteiger partial charge in [0.1, 0.15) is 18.3 Å². The minimum Gasteiger partial charge on any atom is -0.274 e. The van der Waals surface area contributed by atoms with Crippen molar-refractivity contribution in [3.05, 3.63) is 42.6 Å². The van der Waals surface area contributed by atoms with E-state index in [9.17, 15) is 0 Å². The van der Waals surface area contributed by atoms with Crippen molar-refractivity contribution in [2.24, 2.45) is 0 Å². The molecule has 0 aliphatic rings. The van der Waals surface area contributed by atoms with Gasteiger partial charge in [-0.15, -0.1) is 0 Å². The second kappa shape index (κ2) is 4.37. The van der Waals surface area contributed by atoms with Gasteiger partial charge in [-0.3, -0.25) is 9.38 Å². The lowest BCUT2D eigenvalue weighted by atomic mass is 9.27. The summed E-state index contributed by atoms with van der Waals surface area (Å²) in [5, 5.41) is 0. The Morgan fingerprint density at radius 1 is 0.950 bits per heavy atom. The quantitative estimate of drug-likeness (QED) is 0.486. The molecule has 4 radical (unpaired) electrons. The summed E-state index contributed by atoms with van der Waals surface area (Å²) in [6.07, 6.45) is 1.76. The summed E-state index contributed by atoms with van der Waals surface area (Å²) >= 11 is 0. The van der Waals surface area contributed by atoms with Crippen LogP contribution in [-0.2, 0) is 0 Å². The van der Waals surface area contributed by atoms with Gasteiger partial charge in [0.25, 0.3) is 0 Å². The molecule has 0 unspecified atom stereocenters. The minimum absolute atomic E-state index is 0.740. The maximum Gasteiger partial charge on any atom is 0.164 e. The van der Waals surface area contributed by atoms with Crippen LogP contribution >= 0.6 is 0 Å². The van der Waals surface area contributed by atoms with Crippen molar-refractivity contribution in [1.29, 1.82) is 0 Å². The second-order valence-corrected chi connectivity index (χ2v) is 4.46. The minimum atomic E-state index is 0.740. The van der Waals surface area contributed by atoms with Gasteiger partial charge in [0.2, 0.25) is 0 Å². The number of rotatable bonds is 2. The van der Waals surface area contributed by atoms with E-state index in [0.717, 1.165) is 33.4 Å². The lowest BCUT2D eigenvalue weighted by molar-refractivity contribution is 1.20. The first-order valence-corrected chi connectivity index (χ1v) is 6.29. The fourth-order valence-corrected chi connectivity index (χ4v) is 2.44. The van der Waals surface area contributed by atoms with E-state index in [1.54, 1.807) is 13.4 Å². The standard InChI is InChI=1S/C13H7B3N4/c14-16-15-11-13-19-8-4-1-2-6-10(8)20(13)12-9(18-11)5-3-7-17-12/h1-7H. The van der Waals surface area contributed by atoms with Gasteiger partial charge in [0.15, 0.2) is 5.65 Å². The van der Waals surface area contributed by atoms with Crippen LogP contribution in [0, 0.1) is 0 Å². The number of pyridine rings is 1. The van der Waals surface area contributed by atoms with Crippen molar-refractivity contribution >= 4 is 55.4 Å². The Morgan fingerprint density at radius 3 is 2.70 bits per heavy atom. The number of aromatic nitrogens is 4. The summed E-state index contributed by atoms with van der Waals surface area (Å²) in [6.45, 7) is 0. The van der Waals surface area contributed by atoms with Crippen LogP contribution in [0.2, 0.25) is 0 Å². The maximum absolute atomic E-state index is 5.52. The number of hydrogen-bond donors (Lipinski definition) is 0. The molecule has 0 atom stereocenters. The van der Waals surface area contributed by atoms with E-state index in [-0.39, 0.29) is 0 Å². The zero-order chi connectivity index (χ0) is 13.5. The largest absolute Gasteiger partial charge is 0.274 e. The molecule has 20 heavy (non-hydrogen) atoms. The zero-order valence-electron chi connectivity index (χ0n) is 10.6. The fraction of sp³-hybridized carbons (Fsp3) is 0. The number of para-hydroxylation sites is 2. The highest BCUT2D eigenvalue weighted by atomic mass is 15.1. The molecule has 1 aromatic carbocycles. The van der Waals surface area contributed by atoms with Gasteiger partial charge in [-0.25, -0.2) is 9.97 Å². The molecular weight excluding hydrogens is 245 g/mol. The first-order valence-electron chi connectivity index (χ1n) is 6.29. The summed E-state index contributed by atoms with van der Waals surface area (Å²) in [4.78, 5) is 13.7. The lowest BCUT2D eigenvalue weighted by Crippen LogP contribution is -2.27. The molecule has 4 nitrogen and oxygen atoms in total. The van der Waals surface area contributed by atoms with Gasteiger partial charge >= 0.3 is 0 Å². The first-order chi connectivity index (χ1) is 9.88. The van der Waals surface area contributed by atoms with Gasteiger partial charge in [-0.1, -0.05) is 12.1 Å². The predicted molar refractivity (Wildman–Crippen MR) is 82.7 cm³/mol. The van der Waals surface area contributed by atoms with Crippen LogP contribution in [-0.4, -0.2) is 41.3 Å². The molecule has 4 rings (SSSR count). The summed E-state index contributed by atoms with van der Waals surface area (Å²) in [7, 11) is 8.75. The Hall–Kier alpha value is -2.30. The normalized spacial score (nSPS) is 11.2. The third-order valence-corrected chi connectivity index (χ3v) is 3.26. The molecule has 0 saturated carbocycles. The van der Waals surface area contributed by atoms with Crippen molar-refractivity contribution in [2.75, 3.05) is 0 Å². The van der Waals surface area contributed by atoms with Crippen LogP contribution in [0.25, 0.3) is 27.8 Å². The molecule has 88 valence electrons. The van der Waals surface area contributed by atoms with Gasteiger partial charge in [-0.2, -0.15) is 0 Å². The molecule has 4 aromatic rings. The Bertz CT molecular complexity index is 935. The third-order valence-electron chi connectivity index (χ3n) is 3.26. The monoisotopic (exact) mass is 252 g/mol. The molecule has 3 heterocycles. The van der Waals surface area contributed by atoms with E-state index in [1.165, 1.54) is 7.06 Å². The summed E-state index contributed by atoms with van der Waals surface area (Å²) in [5.74, 6) is 0. The summed E-state index contributed by atoms with van der Waals surface area (Å²) < 4.78 is 2.02. The Morgan fingerprint density at radius 2 is 1.80 bits per heavy atom. The summed E-state index contributed by atoms with van der Waals surface area (Å²) in [6, 6.07) is 11.8. The van der Waals surface area contributed by atoms with Gasteiger partial charge in [-0.05, 0) is 24.3 Å². The van der Waals surface area contributed by atoms with Crippen molar-refractivity contribution in [2.45, 2.75) is 0 Å². The second-order valence-electron chi connectivity index (χ2n) is 4.46. The highest BCUT2D eigenvalue weighted by Crippen LogP contribution is 2.18. The maximum atomic E-state index is 5.52. The van der Waals surface area contributed by atoms with Crippen LogP contribution in [0.1, 0.15) is 0 Å². The number of nitrogens with zero attached hydrogens (tertiary/aromatic N) is 4. The van der Waals surface area contributed by atoms with E-state index in [2.05, 4.69) is 15.0 Å². The number of fused-ring (bicyclic) bond motifs is 5. The Kier molecular flexibility index (Phi) is 2.52. The van der Waals surface area contributed by atoms with Gasteiger partial charge in [0, 0.05) is 26.6 Å². The fourth-order valence-electron chi connectivity index (χ4n) is 2.44. The van der Waals surface area contributed by atoms with Crippen LogP contribution in [0.4, 0.5) is 0 Å². The van der Waals surface area contributed by atoms with Gasteiger partial charge < -0.3 is 0 Å². The molecular formula is C13H7B3N4. The number of imidazole rings is 1. The highest BCUT2D eigenvalue weighted by molar-refractivity contribution is 7.27. The molecule has 3 aromatic heterocycles. The van der Waals surface area contributed by atoms with Crippen molar-refractivity contribution < 1.29 is 0 Å². The highest BCUT2D eigenvalue weighted by Gasteiger charge is 2.13. The molecule has 0 aliphatic carbocycles. The molecule has 0 spiro atoms. The molecule has 0 N–H and O–H groups in total. The number of hydrogen-bond acceptors (Lipinski definition) is 3. The van der Waals surface area contributed by atoms with Crippen LogP contribution < -0.4 is 5.59 Å². The van der Waals surface area contributed by atoms with E-state index in [1.807, 2.05) is 40.8 Å². The van der Waals surface area contributed by atoms with E-state index in [4.69, 9.17) is 7.74 Å². The molecule has 7 heteroatoms. The van der Waals surface area contributed by atoms with Crippen molar-refractivity contribution in [3.63, 3.8) is 0 Å². The average molecular weight is 252 g/mol. The molecule has 0 amide bonds. The van der Waals surface area contributed by atoms with Gasteiger partial charge in [0.05, 0.1) is 11.0 Å². The number of benzene rings is 1. The molecule has 0 bridgehead atoms.